The first kappa shape index (κ1) is 20.6. The van der Waals surface area contributed by atoms with Gasteiger partial charge in [-0.3, -0.25) is 4.79 Å². The van der Waals surface area contributed by atoms with Crippen molar-refractivity contribution in [3.05, 3.63) is 40.9 Å². The van der Waals surface area contributed by atoms with Gasteiger partial charge < -0.3 is 20.1 Å². The molecule has 1 aliphatic heterocycles. The summed E-state index contributed by atoms with van der Waals surface area (Å²) in [5.74, 6) is -0.0132. The molecule has 1 aromatic heterocycles. The number of aromatic nitrogens is 1. The molecular weight excluding hydrogens is 388 g/mol. The average Bonchev–Trinajstić information content (AvgIpc) is 3.07. The van der Waals surface area contributed by atoms with Crippen LogP contribution in [0.25, 0.3) is 0 Å². The fraction of sp³-hybridized carbons (Fsp3) is 0.474. The zero-order valence-corrected chi connectivity index (χ0v) is 16.3. The van der Waals surface area contributed by atoms with Crippen molar-refractivity contribution in [1.29, 1.82) is 0 Å². The number of carbonyl (C=O) groups is 1. The first-order valence-corrected chi connectivity index (χ1v) is 9.97. The number of benzene rings is 1. The highest BCUT2D eigenvalue weighted by Gasteiger charge is 2.26. The van der Waals surface area contributed by atoms with E-state index in [1.807, 2.05) is 12.3 Å². The van der Waals surface area contributed by atoms with Crippen LogP contribution in [0.4, 0.5) is 13.9 Å². The summed E-state index contributed by atoms with van der Waals surface area (Å²) in [6.45, 7) is 0.857. The molecule has 28 heavy (non-hydrogen) atoms. The van der Waals surface area contributed by atoms with Crippen molar-refractivity contribution in [2.45, 2.75) is 32.5 Å². The molecule has 0 spiro atoms. The number of aryl methyl sites for hydroxylation is 1. The minimum Gasteiger partial charge on any atom is -0.435 e. The zero-order valence-electron chi connectivity index (χ0n) is 15.5. The second-order valence-electron chi connectivity index (χ2n) is 6.82. The number of rotatable bonds is 7. The zero-order chi connectivity index (χ0) is 20.1. The predicted molar refractivity (Wildman–Crippen MR) is 103 cm³/mol. The van der Waals surface area contributed by atoms with Gasteiger partial charge in [-0.15, -0.1) is 11.3 Å². The number of aliphatic hydroxyl groups excluding tert-OH is 1. The molecule has 1 atom stereocenters. The van der Waals surface area contributed by atoms with E-state index in [0.29, 0.717) is 43.2 Å². The molecule has 1 saturated heterocycles. The number of hydrogen-bond acceptors (Lipinski definition) is 6. The normalized spacial score (nSPS) is 16.9. The molecule has 9 heteroatoms. The Morgan fingerprint density at radius 2 is 2.04 bits per heavy atom. The Hall–Kier alpha value is -2.10. The number of likely N-dealkylation sites (tertiary alicyclic amines) is 1. The van der Waals surface area contributed by atoms with Crippen molar-refractivity contribution in [2.75, 3.05) is 25.0 Å². The van der Waals surface area contributed by atoms with Crippen LogP contribution in [0.3, 0.4) is 0 Å². The molecule has 1 aromatic carbocycles. The highest BCUT2D eigenvalue weighted by atomic mass is 32.1. The van der Waals surface area contributed by atoms with Crippen LogP contribution >= 0.6 is 11.3 Å². The Balaban J connectivity index is 1.45. The average molecular weight is 411 g/mol. The minimum absolute atomic E-state index is 0.0100. The van der Waals surface area contributed by atoms with Crippen LogP contribution in [0.5, 0.6) is 5.75 Å². The van der Waals surface area contributed by atoms with E-state index in [1.54, 1.807) is 12.1 Å². The molecule has 1 unspecified atom stereocenters. The molecule has 2 aromatic rings. The van der Waals surface area contributed by atoms with E-state index < -0.39 is 12.7 Å². The number of anilines is 1. The first-order valence-electron chi connectivity index (χ1n) is 9.09. The van der Waals surface area contributed by atoms with Crippen LogP contribution in [0.1, 0.15) is 30.2 Å². The van der Waals surface area contributed by atoms with Crippen LogP contribution < -0.4 is 10.1 Å². The Bertz CT molecular complexity index is 777. The Morgan fingerprint density at radius 3 is 2.61 bits per heavy atom. The summed E-state index contributed by atoms with van der Waals surface area (Å²) in [5, 5.41) is 15.8. The third-order valence-electron chi connectivity index (χ3n) is 4.73. The minimum atomic E-state index is -2.87. The van der Waals surface area contributed by atoms with Crippen LogP contribution in [0.15, 0.2) is 29.6 Å². The van der Waals surface area contributed by atoms with E-state index in [9.17, 15) is 18.7 Å². The number of halogens is 2. The summed E-state index contributed by atoms with van der Waals surface area (Å²) >= 11 is 1.42. The number of amides is 1. The molecule has 0 aliphatic carbocycles. The van der Waals surface area contributed by atoms with Crippen molar-refractivity contribution in [3.8, 4) is 5.75 Å². The number of β-amino-alcohol motifs (C(OH)–C–C–N with tert-alkyl or cyclic N) is 1. The van der Waals surface area contributed by atoms with Crippen molar-refractivity contribution in [1.82, 2.24) is 9.88 Å². The van der Waals surface area contributed by atoms with Gasteiger partial charge in [0.05, 0.1) is 11.8 Å². The molecule has 3 rings (SSSR count). The third kappa shape index (κ3) is 5.70. The number of nitrogens with zero attached hydrogens (tertiary/aromatic N) is 2. The summed E-state index contributed by atoms with van der Waals surface area (Å²) in [7, 11) is 0. The molecular formula is C19H23F2N3O3S. The van der Waals surface area contributed by atoms with Gasteiger partial charge in [0, 0.05) is 17.8 Å². The highest BCUT2D eigenvalue weighted by Crippen LogP contribution is 2.24. The monoisotopic (exact) mass is 411 g/mol. The van der Waals surface area contributed by atoms with E-state index in [1.165, 1.54) is 23.5 Å². The first-order chi connectivity index (χ1) is 13.4. The van der Waals surface area contributed by atoms with E-state index >= 15 is 0 Å². The van der Waals surface area contributed by atoms with E-state index in [0.717, 1.165) is 5.69 Å². The van der Waals surface area contributed by atoms with Gasteiger partial charge in [0.25, 0.3) is 0 Å². The van der Waals surface area contributed by atoms with Gasteiger partial charge in [-0.1, -0.05) is 12.1 Å². The van der Waals surface area contributed by atoms with Gasteiger partial charge in [0.2, 0.25) is 5.91 Å². The largest absolute Gasteiger partial charge is 0.435 e. The number of hydrogen-bond donors (Lipinski definition) is 2. The number of carbonyl (C=O) groups excluding carboxylic acids is 1. The number of ether oxygens (including phenoxy) is 1. The van der Waals surface area contributed by atoms with Crippen LogP contribution in [0, 0.1) is 12.8 Å². The Morgan fingerprint density at radius 1 is 1.36 bits per heavy atom. The second kappa shape index (κ2) is 9.40. The van der Waals surface area contributed by atoms with Gasteiger partial charge in [-0.05, 0) is 50.6 Å². The Labute approximate surface area is 166 Å². The lowest BCUT2D eigenvalue weighted by molar-refractivity contribution is -0.121. The lowest BCUT2D eigenvalue weighted by Crippen LogP contribution is -2.40. The smallest absolute Gasteiger partial charge is 0.387 e. The maximum absolute atomic E-state index is 12.4. The summed E-state index contributed by atoms with van der Waals surface area (Å²) in [6.07, 6.45) is 0.693. The summed E-state index contributed by atoms with van der Waals surface area (Å²) in [5.41, 5.74) is 1.53. The maximum atomic E-state index is 12.4. The number of piperidine rings is 1. The molecule has 0 radical (unpaired) electrons. The van der Waals surface area contributed by atoms with Gasteiger partial charge >= 0.3 is 6.61 Å². The molecule has 2 N–H and O–H groups in total. The topological polar surface area (TPSA) is 74.7 Å². The van der Waals surface area contributed by atoms with E-state index in [2.05, 4.69) is 19.9 Å². The van der Waals surface area contributed by atoms with E-state index in [-0.39, 0.29) is 17.6 Å². The summed E-state index contributed by atoms with van der Waals surface area (Å²) < 4.78 is 28.7. The van der Waals surface area contributed by atoms with Gasteiger partial charge in [0.15, 0.2) is 5.13 Å². The van der Waals surface area contributed by atoms with E-state index in [4.69, 9.17) is 0 Å². The number of thiazole rings is 1. The summed E-state index contributed by atoms with van der Waals surface area (Å²) in [6, 6.07) is 6.00. The highest BCUT2D eigenvalue weighted by molar-refractivity contribution is 7.13. The number of alkyl halides is 2. The fourth-order valence-corrected chi connectivity index (χ4v) is 3.91. The molecule has 6 nitrogen and oxygen atoms in total. The molecule has 1 amide bonds. The molecule has 1 aliphatic rings. The standard InChI is InChI=1S/C19H23F2N3O3S/c1-12-11-28-19(22-12)23-17(26)14-6-8-24(9-7-14)10-16(25)13-2-4-15(5-3-13)27-18(20)21/h2-5,11,14,16,18,25H,6-10H2,1H3,(H,22,23,26). The van der Waals surface area contributed by atoms with Gasteiger partial charge in [0.1, 0.15) is 5.75 Å². The number of nitrogens with one attached hydrogen (secondary N) is 1. The summed E-state index contributed by atoms with van der Waals surface area (Å²) in [4.78, 5) is 18.7. The molecule has 2 heterocycles. The van der Waals surface area contributed by atoms with Crippen LogP contribution in [0.2, 0.25) is 0 Å². The Kier molecular flexibility index (Phi) is 6.93. The maximum Gasteiger partial charge on any atom is 0.387 e. The van der Waals surface area contributed by atoms with Gasteiger partial charge in [-0.25, -0.2) is 4.98 Å². The third-order valence-corrected chi connectivity index (χ3v) is 5.60. The van der Waals surface area contributed by atoms with Gasteiger partial charge in [-0.2, -0.15) is 8.78 Å². The lowest BCUT2D eigenvalue weighted by Gasteiger charge is -2.32. The molecule has 1 fully saturated rings. The molecule has 0 bridgehead atoms. The molecule has 0 saturated carbocycles. The van der Waals surface area contributed by atoms with Crippen LogP contribution in [-0.4, -0.2) is 47.1 Å². The van der Waals surface area contributed by atoms with Crippen molar-refractivity contribution >= 4 is 22.4 Å². The lowest BCUT2D eigenvalue weighted by atomic mass is 9.95. The van der Waals surface area contributed by atoms with Crippen molar-refractivity contribution in [2.24, 2.45) is 5.92 Å². The van der Waals surface area contributed by atoms with Crippen LogP contribution in [-0.2, 0) is 4.79 Å². The van der Waals surface area contributed by atoms with Crippen molar-refractivity contribution < 1.29 is 23.4 Å². The van der Waals surface area contributed by atoms with Crippen molar-refractivity contribution in [3.63, 3.8) is 0 Å². The molecule has 152 valence electrons. The SMILES string of the molecule is Cc1csc(NC(=O)C2CCN(CC(O)c3ccc(OC(F)F)cc3)CC2)n1. The fourth-order valence-electron chi connectivity index (χ4n) is 3.22. The number of aliphatic hydroxyl groups is 1. The second-order valence-corrected chi connectivity index (χ2v) is 7.68. The quantitative estimate of drug-likeness (QED) is 0.730. The predicted octanol–water partition coefficient (Wildman–Crippen LogP) is 3.44.